The van der Waals surface area contributed by atoms with Crippen molar-refractivity contribution >= 4 is 22.8 Å². The number of carbonyl (C=O) groups excluding carboxylic acids is 2. The maximum atomic E-state index is 12.3. The Hall–Kier alpha value is -3.48. The van der Waals surface area contributed by atoms with Crippen LogP contribution >= 0.6 is 0 Å². The van der Waals surface area contributed by atoms with Crippen molar-refractivity contribution in [1.29, 1.82) is 0 Å². The SMILES string of the molecule is CC(=O)NCc1ccc(C(=O)O[C@@H](C)c2nc3ccccc3c(=O)[nH]2)cc1. The van der Waals surface area contributed by atoms with Crippen molar-refractivity contribution in [3.05, 3.63) is 75.8 Å². The molecule has 0 aliphatic carbocycles. The fraction of sp³-hybridized carbons (Fsp3) is 0.200. The molecule has 0 unspecified atom stereocenters. The zero-order valence-electron chi connectivity index (χ0n) is 15.0. The Bertz CT molecular complexity index is 1040. The number of aromatic nitrogens is 2. The predicted molar refractivity (Wildman–Crippen MR) is 100 cm³/mol. The van der Waals surface area contributed by atoms with Crippen molar-refractivity contribution in [2.45, 2.75) is 26.5 Å². The summed E-state index contributed by atoms with van der Waals surface area (Å²) in [7, 11) is 0. The molecule has 1 atom stereocenters. The van der Waals surface area contributed by atoms with Gasteiger partial charge in [-0.2, -0.15) is 0 Å². The first-order chi connectivity index (χ1) is 12.9. The number of H-pyrrole nitrogens is 1. The number of ether oxygens (including phenoxy) is 1. The van der Waals surface area contributed by atoms with E-state index in [4.69, 9.17) is 4.74 Å². The standard InChI is InChI=1S/C20H19N3O4/c1-12(18-22-17-6-4-3-5-16(17)19(25)23-18)27-20(26)15-9-7-14(8-10-15)11-21-13(2)24/h3-10,12H,11H2,1-2H3,(H,21,24)(H,22,23,25)/t12-/m0/s1. The van der Waals surface area contributed by atoms with Crippen molar-refractivity contribution in [2.24, 2.45) is 0 Å². The molecule has 0 saturated carbocycles. The number of nitrogens with one attached hydrogen (secondary N) is 2. The summed E-state index contributed by atoms with van der Waals surface area (Å²) < 4.78 is 5.42. The van der Waals surface area contributed by atoms with Crippen LogP contribution in [0, 0.1) is 0 Å². The molecule has 1 heterocycles. The van der Waals surface area contributed by atoms with Gasteiger partial charge in [-0.25, -0.2) is 9.78 Å². The van der Waals surface area contributed by atoms with Crippen molar-refractivity contribution in [2.75, 3.05) is 0 Å². The van der Waals surface area contributed by atoms with Crippen molar-refractivity contribution < 1.29 is 14.3 Å². The van der Waals surface area contributed by atoms with Gasteiger partial charge in [0.25, 0.3) is 5.56 Å². The molecule has 1 amide bonds. The van der Waals surface area contributed by atoms with Gasteiger partial charge in [0.1, 0.15) is 0 Å². The number of hydrogen-bond acceptors (Lipinski definition) is 5. The van der Waals surface area contributed by atoms with Gasteiger partial charge in [0.15, 0.2) is 11.9 Å². The molecule has 7 nitrogen and oxygen atoms in total. The monoisotopic (exact) mass is 365 g/mol. The summed E-state index contributed by atoms with van der Waals surface area (Å²) in [5.41, 5.74) is 1.51. The van der Waals surface area contributed by atoms with Gasteiger partial charge in [-0.05, 0) is 36.8 Å². The van der Waals surface area contributed by atoms with Crippen LogP contribution < -0.4 is 10.9 Å². The van der Waals surface area contributed by atoms with Gasteiger partial charge in [-0.3, -0.25) is 9.59 Å². The molecule has 3 aromatic rings. The van der Waals surface area contributed by atoms with E-state index < -0.39 is 12.1 Å². The van der Waals surface area contributed by atoms with Gasteiger partial charge in [-0.1, -0.05) is 24.3 Å². The molecule has 138 valence electrons. The smallest absolute Gasteiger partial charge is 0.338 e. The lowest BCUT2D eigenvalue weighted by atomic mass is 10.1. The Balaban J connectivity index is 1.72. The average Bonchev–Trinajstić information content (AvgIpc) is 2.66. The highest BCUT2D eigenvalue weighted by Gasteiger charge is 2.17. The normalized spacial score (nSPS) is 11.8. The van der Waals surface area contributed by atoms with Crippen LogP contribution in [0.2, 0.25) is 0 Å². The number of nitrogens with zero attached hydrogens (tertiary/aromatic N) is 1. The van der Waals surface area contributed by atoms with Gasteiger partial charge in [0, 0.05) is 13.5 Å². The highest BCUT2D eigenvalue weighted by molar-refractivity contribution is 5.89. The van der Waals surface area contributed by atoms with Crippen LogP contribution in [0.3, 0.4) is 0 Å². The van der Waals surface area contributed by atoms with E-state index in [1.165, 1.54) is 6.92 Å². The number of rotatable bonds is 5. The number of aromatic amines is 1. The second-order valence-electron chi connectivity index (χ2n) is 6.12. The lowest BCUT2D eigenvalue weighted by molar-refractivity contribution is -0.119. The summed E-state index contributed by atoms with van der Waals surface area (Å²) in [5, 5.41) is 3.17. The molecule has 0 fully saturated rings. The molecule has 1 aromatic heterocycles. The first kappa shape index (κ1) is 18.3. The number of para-hydroxylation sites is 1. The third-order valence-corrected chi connectivity index (χ3v) is 4.03. The molecule has 2 N–H and O–H groups in total. The van der Waals surface area contributed by atoms with Crippen molar-refractivity contribution in [1.82, 2.24) is 15.3 Å². The van der Waals surface area contributed by atoms with E-state index in [1.54, 1.807) is 55.5 Å². The number of fused-ring (bicyclic) bond motifs is 1. The second kappa shape index (κ2) is 7.82. The number of amides is 1. The fourth-order valence-electron chi connectivity index (χ4n) is 2.57. The molecule has 3 rings (SSSR count). The Kier molecular flexibility index (Phi) is 5.30. The van der Waals surface area contributed by atoms with Gasteiger partial charge in [0.2, 0.25) is 5.91 Å². The summed E-state index contributed by atoms with van der Waals surface area (Å²) in [6, 6.07) is 13.7. The van der Waals surface area contributed by atoms with E-state index >= 15 is 0 Å². The highest BCUT2D eigenvalue weighted by atomic mass is 16.5. The first-order valence-electron chi connectivity index (χ1n) is 8.47. The van der Waals surface area contributed by atoms with Crippen LogP contribution in [-0.2, 0) is 16.1 Å². The summed E-state index contributed by atoms with van der Waals surface area (Å²) in [6.45, 7) is 3.48. The molecular formula is C20H19N3O4. The quantitative estimate of drug-likeness (QED) is 0.677. The number of benzene rings is 2. The summed E-state index contributed by atoms with van der Waals surface area (Å²) in [4.78, 5) is 42.4. The summed E-state index contributed by atoms with van der Waals surface area (Å²) in [5.74, 6) is -0.358. The van der Waals surface area contributed by atoms with Gasteiger partial charge >= 0.3 is 5.97 Å². The first-order valence-corrected chi connectivity index (χ1v) is 8.47. The number of esters is 1. The lowest BCUT2D eigenvalue weighted by Gasteiger charge is -2.13. The Morgan fingerprint density at radius 2 is 1.85 bits per heavy atom. The maximum absolute atomic E-state index is 12.3. The largest absolute Gasteiger partial charge is 0.451 e. The average molecular weight is 365 g/mol. The van der Waals surface area contributed by atoms with E-state index in [1.807, 2.05) is 0 Å². The Morgan fingerprint density at radius 3 is 2.56 bits per heavy atom. The number of carbonyl (C=O) groups is 2. The van der Waals surface area contributed by atoms with Crippen LogP contribution in [0.15, 0.2) is 53.3 Å². The second-order valence-corrected chi connectivity index (χ2v) is 6.12. The molecule has 0 bridgehead atoms. The van der Waals surface area contributed by atoms with Crippen LogP contribution in [0.4, 0.5) is 0 Å². The molecule has 0 radical (unpaired) electrons. The van der Waals surface area contributed by atoms with Gasteiger partial charge < -0.3 is 15.0 Å². The van der Waals surface area contributed by atoms with E-state index in [0.29, 0.717) is 23.0 Å². The summed E-state index contributed by atoms with van der Waals surface area (Å²) in [6.07, 6.45) is -0.714. The minimum atomic E-state index is -0.714. The van der Waals surface area contributed by atoms with Crippen LogP contribution in [0.5, 0.6) is 0 Å². The molecule has 2 aromatic carbocycles. The molecular weight excluding hydrogens is 346 g/mol. The minimum Gasteiger partial charge on any atom is -0.451 e. The van der Waals surface area contributed by atoms with Gasteiger partial charge in [0.05, 0.1) is 16.5 Å². The number of hydrogen-bond donors (Lipinski definition) is 2. The molecule has 0 saturated heterocycles. The Labute approximate surface area is 155 Å². The van der Waals surface area contributed by atoms with E-state index in [-0.39, 0.29) is 17.3 Å². The minimum absolute atomic E-state index is 0.121. The van der Waals surface area contributed by atoms with Crippen molar-refractivity contribution in [3.8, 4) is 0 Å². The zero-order chi connectivity index (χ0) is 19.4. The zero-order valence-corrected chi connectivity index (χ0v) is 15.0. The summed E-state index contributed by atoms with van der Waals surface area (Å²) >= 11 is 0. The molecule has 7 heteroatoms. The van der Waals surface area contributed by atoms with Crippen molar-refractivity contribution in [3.63, 3.8) is 0 Å². The molecule has 0 spiro atoms. The predicted octanol–water partition coefficient (Wildman–Crippen LogP) is 2.48. The highest BCUT2D eigenvalue weighted by Crippen LogP contribution is 2.17. The van der Waals surface area contributed by atoms with Crippen LogP contribution in [0.25, 0.3) is 10.9 Å². The van der Waals surface area contributed by atoms with Crippen LogP contribution in [-0.4, -0.2) is 21.8 Å². The van der Waals surface area contributed by atoms with Crippen LogP contribution in [0.1, 0.15) is 41.7 Å². The molecule has 0 aliphatic heterocycles. The lowest BCUT2D eigenvalue weighted by Crippen LogP contribution is -2.19. The third kappa shape index (κ3) is 4.38. The van der Waals surface area contributed by atoms with E-state index in [9.17, 15) is 14.4 Å². The topological polar surface area (TPSA) is 101 Å². The molecule has 0 aliphatic rings. The van der Waals surface area contributed by atoms with Gasteiger partial charge in [-0.15, -0.1) is 0 Å². The van der Waals surface area contributed by atoms with E-state index in [2.05, 4.69) is 15.3 Å². The Morgan fingerprint density at radius 1 is 1.15 bits per heavy atom. The maximum Gasteiger partial charge on any atom is 0.338 e. The fourth-order valence-corrected chi connectivity index (χ4v) is 2.57. The van der Waals surface area contributed by atoms with E-state index in [0.717, 1.165) is 5.56 Å². The molecule has 27 heavy (non-hydrogen) atoms. The third-order valence-electron chi connectivity index (χ3n) is 4.03.